The molecule has 0 aliphatic carbocycles. The van der Waals surface area contributed by atoms with E-state index in [0.29, 0.717) is 5.69 Å². The molecule has 1 aromatic carbocycles. The number of benzene rings is 1. The van der Waals surface area contributed by atoms with Crippen molar-refractivity contribution in [3.63, 3.8) is 0 Å². The Kier molecular flexibility index (Phi) is 5.42. The SMILES string of the molecule is Cn1ncc(N)c1N1CCC[C@@H](NC(=O)OCc2ccccc2)CC1. The van der Waals surface area contributed by atoms with Crippen molar-refractivity contribution >= 4 is 17.6 Å². The zero-order chi connectivity index (χ0) is 17.6. The fraction of sp³-hybridized carbons (Fsp3) is 0.444. The highest BCUT2D eigenvalue weighted by Gasteiger charge is 2.22. The van der Waals surface area contributed by atoms with Crippen molar-refractivity contribution < 1.29 is 9.53 Å². The number of rotatable bonds is 4. The first-order valence-electron chi connectivity index (χ1n) is 8.63. The molecule has 7 nitrogen and oxygen atoms in total. The van der Waals surface area contributed by atoms with Gasteiger partial charge in [-0.1, -0.05) is 30.3 Å². The van der Waals surface area contributed by atoms with E-state index in [1.54, 1.807) is 10.9 Å². The second-order valence-corrected chi connectivity index (χ2v) is 6.37. The molecule has 1 aliphatic heterocycles. The molecule has 134 valence electrons. The number of amides is 1. The van der Waals surface area contributed by atoms with Gasteiger partial charge in [0.1, 0.15) is 12.4 Å². The van der Waals surface area contributed by atoms with Gasteiger partial charge < -0.3 is 20.7 Å². The highest BCUT2D eigenvalue weighted by molar-refractivity contribution is 5.67. The number of alkyl carbamates (subject to hydrolysis) is 1. The van der Waals surface area contributed by atoms with E-state index in [9.17, 15) is 4.79 Å². The van der Waals surface area contributed by atoms with Crippen LogP contribution in [0.3, 0.4) is 0 Å². The van der Waals surface area contributed by atoms with Gasteiger partial charge in [-0.15, -0.1) is 0 Å². The van der Waals surface area contributed by atoms with Gasteiger partial charge in [-0.2, -0.15) is 5.10 Å². The van der Waals surface area contributed by atoms with Gasteiger partial charge in [0.15, 0.2) is 0 Å². The van der Waals surface area contributed by atoms with Crippen LogP contribution in [0.25, 0.3) is 0 Å². The number of ether oxygens (including phenoxy) is 1. The van der Waals surface area contributed by atoms with E-state index >= 15 is 0 Å². The largest absolute Gasteiger partial charge is 0.445 e. The fourth-order valence-electron chi connectivity index (χ4n) is 3.22. The summed E-state index contributed by atoms with van der Waals surface area (Å²) in [6.07, 6.45) is 4.08. The van der Waals surface area contributed by atoms with E-state index in [0.717, 1.165) is 43.7 Å². The summed E-state index contributed by atoms with van der Waals surface area (Å²) in [5.74, 6) is 0.951. The van der Waals surface area contributed by atoms with Gasteiger partial charge in [-0.3, -0.25) is 4.68 Å². The van der Waals surface area contributed by atoms with Crippen molar-refractivity contribution in [1.29, 1.82) is 0 Å². The summed E-state index contributed by atoms with van der Waals surface area (Å²) in [4.78, 5) is 14.3. The Bertz CT molecular complexity index is 681. The van der Waals surface area contributed by atoms with Gasteiger partial charge in [0.25, 0.3) is 0 Å². The Hall–Kier alpha value is -2.70. The van der Waals surface area contributed by atoms with Crippen LogP contribution in [-0.2, 0) is 18.4 Å². The molecule has 3 rings (SSSR count). The van der Waals surface area contributed by atoms with Crippen LogP contribution in [0, 0.1) is 0 Å². The van der Waals surface area contributed by atoms with E-state index in [-0.39, 0.29) is 18.7 Å². The van der Waals surface area contributed by atoms with Crippen LogP contribution >= 0.6 is 0 Å². The molecule has 1 aliphatic rings. The Morgan fingerprint density at radius 3 is 2.84 bits per heavy atom. The molecule has 7 heteroatoms. The maximum Gasteiger partial charge on any atom is 0.407 e. The van der Waals surface area contributed by atoms with Crippen LogP contribution < -0.4 is 16.0 Å². The van der Waals surface area contributed by atoms with Gasteiger partial charge in [-0.05, 0) is 24.8 Å². The number of nitrogens with one attached hydrogen (secondary N) is 1. The molecule has 2 aromatic rings. The van der Waals surface area contributed by atoms with E-state index < -0.39 is 0 Å². The topological polar surface area (TPSA) is 85.4 Å². The van der Waals surface area contributed by atoms with Gasteiger partial charge >= 0.3 is 6.09 Å². The predicted molar refractivity (Wildman–Crippen MR) is 97.2 cm³/mol. The molecule has 1 amide bonds. The van der Waals surface area contributed by atoms with Crippen molar-refractivity contribution in [3.05, 3.63) is 42.1 Å². The molecule has 1 saturated heterocycles. The lowest BCUT2D eigenvalue weighted by atomic mass is 10.1. The molecule has 1 aromatic heterocycles. The number of hydrogen-bond acceptors (Lipinski definition) is 5. The highest BCUT2D eigenvalue weighted by Crippen LogP contribution is 2.24. The maximum absolute atomic E-state index is 12.0. The second-order valence-electron chi connectivity index (χ2n) is 6.37. The fourth-order valence-corrected chi connectivity index (χ4v) is 3.22. The second kappa shape index (κ2) is 7.92. The highest BCUT2D eigenvalue weighted by atomic mass is 16.5. The lowest BCUT2D eigenvalue weighted by Crippen LogP contribution is -2.36. The van der Waals surface area contributed by atoms with E-state index in [4.69, 9.17) is 10.5 Å². The van der Waals surface area contributed by atoms with Crippen molar-refractivity contribution in [2.45, 2.75) is 31.9 Å². The molecule has 2 heterocycles. The molecule has 1 fully saturated rings. The molecular weight excluding hydrogens is 318 g/mol. The summed E-state index contributed by atoms with van der Waals surface area (Å²) in [7, 11) is 1.90. The number of carbonyl (C=O) groups excluding carboxylic acids is 1. The standard InChI is InChI=1S/C18H25N5O2/c1-22-17(16(19)12-20-22)23-10-5-8-15(9-11-23)21-18(24)25-13-14-6-3-2-4-7-14/h2-4,6-7,12,15H,5,8-11,13,19H2,1H3,(H,21,24)/t15-/m1/s1. The van der Waals surface area contributed by atoms with Gasteiger partial charge in [-0.25, -0.2) is 4.79 Å². The zero-order valence-corrected chi connectivity index (χ0v) is 14.5. The van der Waals surface area contributed by atoms with E-state index in [1.807, 2.05) is 37.4 Å². The lowest BCUT2D eigenvalue weighted by molar-refractivity contribution is 0.135. The minimum absolute atomic E-state index is 0.114. The average molecular weight is 343 g/mol. The molecule has 0 spiro atoms. The number of nitrogens with two attached hydrogens (primary N) is 1. The summed E-state index contributed by atoms with van der Waals surface area (Å²) < 4.78 is 7.11. The third-order valence-electron chi connectivity index (χ3n) is 4.50. The van der Waals surface area contributed by atoms with Gasteiger partial charge in [0.05, 0.1) is 11.9 Å². The smallest absolute Gasteiger partial charge is 0.407 e. The number of hydrogen-bond donors (Lipinski definition) is 2. The first kappa shape index (κ1) is 17.1. The first-order chi connectivity index (χ1) is 12.1. The van der Waals surface area contributed by atoms with Crippen LogP contribution in [-0.4, -0.2) is 35.0 Å². The Balaban J connectivity index is 1.49. The minimum atomic E-state index is -0.359. The normalized spacial score (nSPS) is 17.8. The number of carbonyl (C=O) groups is 1. The van der Waals surface area contributed by atoms with Crippen molar-refractivity contribution in [3.8, 4) is 0 Å². The van der Waals surface area contributed by atoms with E-state index in [1.165, 1.54) is 0 Å². The lowest BCUT2D eigenvalue weighted by Gasteiger charge is -2.23. The zero-order valence-electron chi connectivity index (χ0n) is 14.5. The Morgan fingerprint density at radius 2 is 2.12 bits per heavy atom. The summed E-state index contributed by atoms with van der Waals surface area (Å²) in [6, 6.07) is 9.80. The summed E-state index contributed by atoms with van der Waals surface area (Å²) in [5.41, 5.74) is 7.69. The third-order valence-corrected chi connectivity index (χ3v) is 4.50. The summed E-state index contributed by atoms with van der Waals surface area (Å²) >= 11 is 0. The third kappa shape index (κ3) is 4.43. The number of anilines is 2. The quantitative estimate of drug-likeness (QED) is 0.890. The number of aryl methyl sites for hydroxylation is 1. The molecule has 1 atom stereocenters. The number of nitrogens with zero attached hydrogens (tertiary/aromatic N) is 3. The van der Waals surface area contributed by atoms with Crippen molar-refractivity contribution in [1.82, 2.24) is 15.1 Å². The van der Waals surface area contributed by atoms with Gasteiger partial charge in [0.2, 0.25) is 0 Å². The molecule has 25 heavy (non-hydrogen) atoms. The minimum Gasteiger partial charge on any atom is -0.445 e. The predicted octanol–water partition coefficient (Wildman–Crippen LogP) is 2.29. The molecule has 0 bridgehead atoms. The number of aromatic nitrogens is 2. The molecular formula is C18H25N5O2. The van der Waals surface area contributed by atoms with Crippen LogP contribution in [0.1, 0.15) is 24.8 Å². The van der Waals surface area contributed by atoms with Gasteiger partial charge in [0, 0.05) is 26.2 Å². The average Bonchev–Trinajstić information content (AvgIpc) is 2.81. The Morgan fingerprint density at radius 1 is 1.32 bits per heavy atom. The number of nitrogen functional groups attached to an aromatic ring is 1. The first-order valence-corrected chi connectivity index (χ1v) is 8.63. The maximum atomic E-state index is 12.0. The van der Waals surface area contributed by atoms with Crippen molar-refractivity contribution in [2.75, 3.05) is 23.7 Å². The van der Waals surface area contributed by atoms with Crippen LogP contribution in [0.15, 0.2) is 36.5 Å². The van der Waals surface area contributed by atoms with Crippen LogP contribution in [0.2, 0.25) is 0 Å². The summed E-state index contributed by atoms with van der Waals surface area (Å²) in [5, 5.41) is 7.19. The van der Waals surface area contributed by atoms with Crippen LogP contribution in [0.5, 0.6) is 0 Å². The monoisotopic (exact) mass is 343 g/mol. The van der Waals surface area contributed by atoms with Crippen LogP contribution in [0.4, 0.5) is 16.3 Å². The molecule has 0 saturated carbocycles. The van der Waals surface area contributed by atoms with Crippen molar-refractivity contribution in [2.24, 2.45) is 7.05 Å². The molecule has 0 radical (unpaired) electrons. The molecule has 3 N–H and O–H groups in total. The Labute approximate surface area is 147 Å². The van der Waals surface area contributed by atoms with E-state index in [2.05, 4.69) is 15.3 Å². The molecule has 0 unspecified atom stereocenters. The summed E-state index contributed by atoms with van der Waals surface area (Å²) in [6.45, 7) is 2.02.